The monoisotopic (exact) mass is 172 g/mol. The lowest BCUT2D eigenvalue weighted by Crippen LogP contribution is -2.24. The second-order valence-electron chi connectivity index (χ2n) is 3.81. The van der Waals surface area contributed by atoms with E-state index in [1.807, 2.05) is 20.8 Å². The average molecular weight is 172 g/mol. The van der Waals surface area contributed by atoms with Crippen LogP contribution in [-0.4, -0.2) is 12.2 Å². The van der Waals surface area contributed by atoms with E-state index in [-0.39, 0.29) is 5.60 Å². The van der Waals surface area contributed by atoms with Crippen LogP contribution in [0.15, 0.2) is 12.2 Å². The van der Waals surface area contributed by atoms with Gasteiger partial charge in [-0.2, -0.15) is 0 Å². The minimum absolute atomic E-state index is 0.176. The summed E-state index contributed by atoms with van der Waals surface area (Å²) >= 11 is 0. The van der Waals surface area contributed by atoms with E-state index in [0.29, 0.717) is 6.61 Å². The maximum Gasteiger partial charge on any atom is 0.103 e. The van der Waals surface area contributed by atoms with Crippen LogP contribution in [0.4, 0.5) is 0 Å². The predicted molar refractivity (Wildman–Crippen MR) is 50.8 cm³/mol. The molecule has 0 fully saturated rings. The van der Waals surface area contributed by atoms with Crippen LogP contribution in [0.2, 0.25) is 0 Å². The molecule has 0 aliphatic heterocycles. The zero-order valence-electron chi connectivity index (χ0n) is 8.64. The first-order chi connectivity index (χ1) is 5.48. The smallest absolute Gasteiger partial charge is 0.103 e. The third kappa shape index (κ3) is 6.38. The van der Waals surface area contributed by atoms with E-state index >= 15 is 0 Å². The third-order valence-electron chi connectivity index (χ3n) is 1.44. The summed E-state index contributed by atoms with van der Waals surface area (Å²) in [5.74, 6) is 0. The van der Waals surface area contributed by atoms with E-state index in [1.54, 1.807) is 0 Å². The molecular weight excluding hydrogens is 152 g/mol. The highest BCUT2D eigenvalue weighted by molar-refractivity contribution is 4.86. The van der Waals surface area contributed by atoms with Crippen LogP contribution in [0.5, 0.6) is 0 Å². The van der Waals surface area contributed by atoms with Crippen molar-refractivity contribution in [1.29, 1.82) is 0 Å². The van der Waals surface area contributed by atoms with E-state index in [9.17, 15) is 0 Å². The maximum absolute atomic E-state index is 5.22. The van der Waals surface area contributed by atoms with Crippen LogP contribution in [0.3, 0.4) is 0 Å². The Hall–Kier alpha value is -0.340. The number of hydrogen-bond donors (Lipinski definition) is 0. The molecule has 0 atom stereocenters. The van der Waals surface area contributed by atoms with Crippen molar-refractivity contribution in [3.05, 3.63) is 12.2 Å². The van der Waals surface area contributed by atoms with Gasteiger partial charge in [-0.3, -0.25) is 0 Å². The van der Waals surface area contributed by atoms with Crippen LogP contribution in [0.1, 0.15) is 40.5 Å². The quantitative estimate of drug-likeness (QED) is 0.348. The molecule has 0 spiro atoms. The Morgan fingerprint density at radius 2 is 2.00 bits per heavy atom. The lowest BCUT2D eigenvalue weighted by atomic mass is 10.0. The number of rotatable bonds is 6. The number of hydrogen-bond acceptors (Lipinski definition) is 2. The second kappa shape index (κ2) is 5.33. The highest BCUT2D eigenvalue weighted by atomic mass is 17.2. The largest absolute Gasteiger partial charge is 0.232 e. The van der Waals surface area contributed by atoms with Gasteiger partial charge in [0.2, 0.25) is 0 Å². The summed E-state index contributed by atoms with van der Waals surface area (Å²) in [4.78, 5) is 10.2. The Bertz CT molecular complexity index is 139. The maximum atomic E-state index is 5.22. The van der Waals surface area contributed by atoms with Crippen molar-refractivity contribution >= 4 is 0 Å². The van der Waals surface area contributed by atoms with Crippen molar-refractivity contribution in [1.82, 2.24) is 0 Å². The molecular formula is C10H20O2. The molecule has 0 aromatic rings. The van der Waals surface area contributed by atoms with Gasteiger partial charge in [0.25, 0.3) is 0 Å². The average Bonchev–Trinajstić information content (AvgIpc) is 1.85. The summed E-state index contributed by atoms with van der Waals surface area (Å²) < 4.78 is 0. The van der Waals surface area contributed by atoms with Gasteiger partial charge in [0.15, 0.2) is 0 Å². The lowest BCUT2D eigenvalue weighted by Gasteiger charge is -2.22. The minimum atomic E-state index is -0.176. The summed E-state index contributed by atoms with van der Waals surface area (Å²) in [6.45, 7) is 12.3. The molecule has 0 N–H and O–H groups in total. The van der Waals surface area contributed by atoms with E-state index < -0.39 is 0 Å². The summed E-state index contributed by atoms with van der Waals surface area (Å²) in [6.07, 6.45) is 2.10. The zero-order valence-corrected chi connectivity index (χ0v) is 8.64. The van der Waals surface area contributed by atoms with Gasteiger partial charge >= 0.3 is 0 Å². The molecule has 0 radical (unpaired) electrons. The first kappa shape index (κ1) is 11.7. The Kier molecular flexibility index (Phi) is 5.18. The zero-order chi connectivity index (χ0) is 9.61. The SMILES string of the molecule is C=C(C)COOC(C)(C)CCC. The molecule has 0 unspecified atom stereocenters. The summed E-state index contributed by atoms with van der Waals surface area (Å²) in [7, 11) is 0. The van der Waals surface area contributed by atoms with Gasteiger partial charge in [0.05, 0.1) is 5.60 Å². The van der Waals surface area contributed by atoms with Crippen LogP contribution in [0, 0.1) is 0 Å². The van der Waals surface area contributed by atoms with Crippen molar-refractivity contribution in [2.24, 2.45) is 0 Å². The van der Waals surface area contributed by atoms with Gasteiger partial charge in [0.1, 0.15) is 6.61 Å². The Morgan fingerprint density at radius 1 is 1.42 bits per heavy atom. The van der Waals surface area contributed by atoms with Gasteiger partial charge in [-0.05, 0) is 27.2 Å². The predicted octanol–water partition coefficient (Wildman–Crippen LogP) is 3.09. The first-order valence-corrected chi connectivity index (χ1v) is 4.43. The van der Waals surface area contributed by atoms with Gasteiger partial charge in [-0.15, -0.1) is 0 Å². The summed E-state index contributed by atoms with van der Waals surface area (Å²) in [5, 5.41) is 0. The Balaban J connectivity index is 3.53. The molecule has 12 heavy (non-hydrogen) atoms. The molecule has 2 nitrogen and oxygen atoms in total. The van der Waals surface area contributed by atoms with Crippen LogP contribution < -0.4 is 0 Å². The summed E-state index contributed by atoms with van der Waals surface area (Å²) in [5.41, 5.74) is 0.798. The third-order valence-corrected chi connectivity index (χ3v) is 1.44. The molecule has 0 aliphatic rings. The Morgan fingerprint density at radius 3 is 2.42 bits per heavy atom. The highest BCUT2D eigenvalue weighted by Gasteiger charge is 2.18. The second-order valence-corrected chi connectivity index (χ2v) is 3.81. The highest BCUT2D eigenvalue weighted by Crippen LogP contribution is 2.16. The molecule has 0 rings (SSSR count). The molecule has 0 aromatic heterocycles. The van der Waals surface area contributed by atoms with Crippen molar-refractivity contribution in [2.45, 2.75) is 46.1 Å². The molecule has 0 bridgehead atoms. The molecule has 2 heteroatoms. The lowest BCUT2D eigenvalue weighted by molar-refractivity contribution is -0.349. The Labute approximate surface area is 75.5 Å². The van der Waals surface area contributed by atoms with Crippen LogP contribution in [-0.2, 0) is 9.78 Å². The van der Waals surface area contributed by atoms with Crippen molar-refractivity contribution in [2.75, 3.05) is 6.61 Å². The molecule has 0 aromatic carbocycles. The topological polar surface area (TPSA) is 18.5 Å². The van der Waals surface area contributed by atoms with Crippen molar-refractivity contribution < 1.29 is 9.78 Å². The summed E-state index contributed by atoms with van der Waals surface area (Å²) in [6, 6.07) is 0. The normalized spacial score (nSPS) is 11.7. The van der Waals surface area contributed by atoms with Gasteiger partial charge in [0, 0.05) is 0 Å². The molecule has 0 amide bonds. The van der Waals surface area contributed by atoms with E-state index in [2.05, 4.69) is 13.5 Å². The van der Waals surface area contributed by atoms with E-state index in [0.717, 1.165) is 18.4 Å². The van der Waals surface area contributed by atoms with Crippen molar-refractivity contribution in [3.8, 4) is 0 Å². The molecule has 72 valence electrons. The fourth-order valence-electron chi connectivity index (χ4n) is 0.933. The first-order valence-electron chi connectivity index (χ1n) is 4.43. The fourth-order valence-corrected chi connectivity index (χ4v) is 0.933. The molecule has 0 saturated carbocycles. The van der Waals surface area contributed by atoms with E-state index in [4.69, 9.17) is 9.78 Å². The van der Waals surface area contributed by atoms with Crippen molar-refractivity contribution in [3.63, 3.8) is 0 Å². The van der Waals surface area contributed by atoms with Crippen LogP contribution in [0.25, 0.3) is 0 Å². The standard InChI is InChI=1S/C10H20O2/c1-6-7-10(4,5)12-11-8-9(2)3/h2,6-8H2,1,3-5H3. The fraction of sp³-hybridized carbons (Fsp3) is 0.800. The van der Waals surface area contributed by atoms with Crippen LogP contribution >= 0.6 is 0 Å². The van der Waals surface area contributed by atoms with Gasteiger partial charge in [-0.25, -0.2) is 9.78 Å². The molecule has 0 heterocycles. The minimum Gasteiger partial charge on any atom is -0.232 e. The van der Waals surface area contributed by atoms with Gasteiger partial charge < -0.3 is 0 Å². The molecule has 0 saturated heterocycles. The van der Waals surface area contributed by atoms with Gasteiger partial charge in [-0.1, -0.05) is 25.5 Å². The van der Waals surface area contributed by atoms with E-state index in [1.165, 1.54) is 0 Å². The molecule has 0 aliphatic carbocycles.